The molecule has 3 nitrogen and oxygen atoms in total. The second-order valence-corrected chi connectivity index (χ2v) is 9.03. The van der Waals surface area contributed by atoms with Gasteiger partial charge in [-0.25, -0.2) is 0 Å². The van der Waals surface area contributed by atoms with Crippen LogP contribution < -0.4 is 0 Å². The summed E-state index contributed by atoms with van der Waals surface area (Å²) in [7, 11) is 0. The van der Waals surface area contributed by atoms with Gasteiger partial charge in [0.1, 0.15) is 0 Å². The van der Waals surface area contributed by atoms with Crippen molar-refractivity contribution in [2.45, 2.75) is 31.2 Å². The van der Waals surface area contributed by atoms with E-state index in [9.17, 15) is 4.79 Å². The number of amides is 1. The summed E-state index contributed by atoms with van der Waals surface area (Å²) < 4.78 is 0. The third-order valence-electron chi connectivity index (χ3n) is 5.90. The number of thioether (sulfide) groups is 1. The normalized spacial score (nSPS) is 21.0. The summed E-state index contributed by atoms with van der Waals surface area (Å²) in [6.45, 7) is 4.27. The minimum Gasteiger partial charge on any atom is -0.337 e. The first-order valence-electron chi connectivity index (χ1n) is 10.5. The van der Waals surface area contributed by atoms with Gasteiger partial charge in [-0.05, 0) is 49.2 Å². The molecule has 0 saturated carbocycles. The molecule has 28 heavy (non-hydrogen) atoms. The molecule has 0 unspecified atom stereocenters. The maximum atomic E-state index is 13.9. The van der Waals surface area contributed by atoms with E-state index >= 15 is 0 Å². The summed E-state index contributed by atoms with van der Waals surface area (Å²) in [6.07, 6.45) is 3.68. The summed E-state index contributed by atoms with van der Waals surface area (Å²) in [5.74, 6) is 2.26. The zero-order chi connectivity index (χ0) is 19.2. The molecule has 0 aromatic heterocycles. The van der Waals surface area contributed by atoms with Crippen LogP contribution >= 0.6 is 11.8 Å². The molecule has 2 aromatic rings. The average Bonchev–Trinajstić information content (AvgIpc) is 3.14. The van der Waals surface area contributed by atoms with Gasteiger partial charge in [0.15, 0.2) is 0 Å². The van der Waals surface area contributed by atoms with Gasteiger partial charge in [0.05, 0.1) is 12.0 Å². The lowest BCUT2D eigenvalue weighted by Gasteiger charge is -2.35. The van der Waals surface area contributed by atoms with Crippen LogP contribution in [0.4, 0.5) is 0 Å². The van der Waals surface area contributed by atoms with Gasteiger partial charge >= 0.3 is 0 Å². The predicted molar refractivity (Wildman–Crippen MR) is 118 cm³/mol. The van der Waals surface area contributed by atoms with Crippen molar-refractivity contribution < 1.29 is 4.79 Å². The van der Waals surface area contributed by atoms with Gasteiger partial charge in [0.25, 0.3) is 0 Å². The molecule has 1 atom stereocenters. The second-order valence-electron chi connectivity index (χ2n) is 7.88. The Bertz CT molecular complexity index is 706. The summed E-state index contributed by atoms with van der Waals surface area (Å²) in [4.78, 5) is 18.7. The van der Waals surface area contributed by atoms with Crippen molar-refractivity contribution in [3.8, 4) is 0 Å². The zero-order valence-corrected chi connectivity index (χ0v) is 17.3. The number of rotatable bonds is 5. The van der Waals surface area contributed by atoms with Gasteiger partial charge < -0.3 is 9.80 Å². The first-order valence-corrected chi connectivity index (χ1v) is 11.7. The van der Waals surface area contributed by atoms with Crippen LogP contribution in [-0.2, 0) is 4.79 Å². The van der Waals surface area contributed by atoms with E-state index in [0.29, 0.717) is 6.04 Å². The number of hydrogen-bond donors (Lipinski definition) is 0. The molecule has 0 bridgehead atoms. The Balaban J connectivity index is 1.63. The summed E-state index contributed by atoms with van der Waals surface area (Å²) in [5, 5.41) is 0. The summed E-state index contributed by atoms with van der Waals surface area (Å²) in [5.41, 5.74) is 2.19. The smallest absolute Gasteiger partial charge is 0.234 e. The van der Waals surface area contributed by atoms with Crippen LogP contribution in [0.15, 0.2) is 60.7 Å². The lowest BCUT2D eigenvalue weighted by atomic mass is 9.89. The predicted octanol–water partition coefficient (Wildman–Crippen LogP) is 4.25. The molecule has 2 aliphatic heterocycles. The molecular formula is C24H30N2OS. The minimum atomic E-state index is -0.216. The largest absolute Gasteiger partial charge is 0.337 e. The Kier molecular flexibility index (Phi) is 6.71. The molecule has 4 heteroatoms. The van der Waals surface area contributed by atoms with E-state index in [4.69, 9.17) is 0 Å². The van der Waals surface area contributed by atoms with Crippen LogP contribution in [0.2, 0.25) is 0 Å². The van der Waals surface area contributed by atoms with Gasteiger partial charge in [0, 0.05) is 18.8 Å². The van der Waals surface area contributed by atoms with Gasteiger partial charge in [-0.2, -0.15) is 11.8 Å². The van der Waals surface area contributed by atoms with E-state index in [2.05, 4.69) is 34.1 Å². The standard InChI is InChI=1S/C24H30N2OS/c27-24(23(20-10-3-1-4-11-20)21-12-5-2-6-13-21)26-16-9-17-28-19-22(26)18-25-14-7-8-15-25/h1-6,10-13,22-23H,7-9,14-19H2/t22-/m0/s1. The fourth-order valence-electron chi connectivity index (χ4n) is 4.47. The Hall–Kier alpha value is -1.78. The number of carbonyl (C=O) groups excluding carboxylic acids is 1. The van der Waals surface area contributed by atoms with Crippen molar-refractivity contribution in [3.05, 3.63) is 71.8 Å². The number of benzene rings is 2. The number of likely N-dealkylation sites (tertiary alicyclic amines) is 1. The molecule has 148 valence electrons. The first-order chi connectivity index (χ1) is 13.8. The first kappa shape index (κ1) is 19.5. The zero-order valence-electron chi connectivity index (χ0n) is 16.5. The highest BCUT2D eigenvalue weighted by Gasteiger charge is 2.33. The fraction of sp³-hybridized carbons (Fsp3) is 0.458. The summed E-state index contributed by atoms with van der Waals surface area (Å²) in [6, 6.07) is 20.9. The Morgan fingerprint density at radius 1 is 0.893 bits per heavy atom. The highest BCUT2D eigenvalue weighted by molar-refractivity contribution is 7.99. The van der Waals surface area contributed by atoms with Crippen molar-refractivity contribution in [1.29, 1.82) is 0 Å². The quantitative estimate of drug-likeness (QED) is 0.757. The van der Waals surface area contributed by atoms with Crippen LogP contribution in [-0.4, -0.2) is 59.4 Å². The van der Waals surface area contributed by atoms with Crippen LogP contribution in [0.25, 0.3) is 0 Å². The van der Waals surface area contributed by atoms with Gasteiger partial charge in [-0.1, -0.05) is 60.7 Å². The van der Waals surface area contributed by atoms with Crippen molar-refractivity contribution in [1.82, 2.24) is 9.80 Å². The van der Waals surface area contributed by atoms with E-state index in [1.54, 1.807) is 0 Å². The molecule has 1 amide bonds. The third-order valence-corrected chi connectivity index (χ3v) is 7.10. The molecule has 2 aliphatic rings. The highest BCUT2D eigenvalue weighted by Crippen LogP contribution is 2.30. The molecule has 2 fully saturated rings. The molecule has 0 radical (unpaired) electrons. The Morgan fingerprint density at radius 2 is 1.50 bits per heavy atom. The maximum absolute atomic E-state index is 13.9. The van der Waals surface area contributed by atoms with Crippen LogP contribution in [0.5, 0.6) is 0 Å². The minimum absolute atomic E-state index is 0.216. The van der Waals surface area contributed by atoms with Crippen molar-refractivity contribution >= 4 is 17.7 Å². The maximum Gasteiger partial charge on any atom is 0.234 e. The van der Waals surface area contributed by atoms with Crippen molar-refractivity contribution in [2.24, 2.45) is 0 Å². The molecule has 4 rings (SSSR count). The number of carbonyl (C=O) groups is 1. The van der Waals surface area contributed by atoms with Crippen LogP contribution in [0.3, 0.4) is 0 Å². The van der Waals surface area contributed by atoms with Crippen LogP contribution in [0.1, 0.15) is 36.3 Å². The monoisotopic (exact) mass is 394 g/mol. The van der Waals surface area contributed by atoms with E-state index in [-0.39, 0.29) is 11.8 Å². The number of hydrogen-bond acceptors (Lipinski definition) is 3. The van der Waals surface area contributed by atoms with Crippen LogP contribution in [0, 0.1) is 0 Å². The molecular weight excluding hydrogens is 364 g/mol. The SMILES string of the molecule is O=C(C(c1ccccc1)c1ccccc1)N1CCCSC[C@@H]1CN1CCCC1. The van der Waals surface area contributed by atoms with E-state index in [0.717, 1.165) is 42.1 Å². The third kappa shape index (κ3) is 4.61. The lowest BCUT2D eigenvalue weighted by Crippen LogP contribution is -2.49. The molecule has 2 heterocycles. The van der Waals surface area contributed by atoms with Crippen molar-refractivity contribution in [2.75, 3.05) is 37.7 Å². The van der Waals surface area contributed by atoms with Crippen molar-refractivity contribution in [3.63, 3.8) is 0 Å². The molecule has 2 aromatic carbocycles. The fourth-order valence-corrected chi connectivity index (χ4v) is 5.53. The summed E-state index contributed by atoms with van der Waals surface area (Å²) >= 11 is 2.01. The molecule has 0 N–H and O–H groups in total. The Labute approximate surface area is 173 Å². The van der Waals surface area contributed by atoms with Gasteiger partial charge in [-0.15, -0.1) is 0 Å². The Morgan fingerprint density at radius 3 is 2.11 bits per heavy atom. The molecule has 0 aliphatic carbocycles. The lowest BCUT2D eigenvalue weighted by molar-refractivity contribution is -0.134. The van der Waals surface area contributed by atoms with Gasteiger partial charge in [-0.3, -0.25) is 4.79 Å². The van der Waals surface area contributed by atoms with E-state index < -0.39 is 0 Å². The number of nitrogens with zero attached hydrogens (tertiary/aromatic N) is 2. The molecule has 0 spiro atoms. The van der Waals surface area contributed by atoms with E-state index in [1.807, 2.05) is 48.2 Å². The second kappa shape index (κ2) is 9.62. The van der Waals surface area contributed by atoms with Gasteiger partial charge in [0.2, 0.25) is 5.91 Å². The molecule has 2 saturated heterocycles. The topological polar surface area (TPSA) is 23.6 Å². The van der Waals surface area contributed by atoms with E-state index in [1.165, 1.54) is 25.9 Å². The average molecular weight is 395 g/mol. The highest BCUT2D eigenvalue weighted by atomic mass is 32.2.